The lowest BCUT2D eigenvalue weighted by atomic mass is 10.2. The van der Waals surface area contributed by atoms with Gasteiger partial charge in [0.25, 0.3) is 0 Å². The Kier molecular flexibility index (Phi) is 6.87. The molecule has 0 amide bonds. The fourth-order valence-electron chi connectivity index (χ4n) is 1.69. The Balaban J connectivity index is 3.76. The maximum Gasteiger partial charge on any atom is 0.0786 e. The second kappa shape index (κ2) is 6.73. The number of quaternary nitrogens is 1. The van der Waals surface area contributed by atoms with Crippen molar-refractivity contribution in [3.63, 3.8) is 0 Å². The van der Waals surface area contributed by atoms with Gasteiger partial charge in [-0.1, -0.05) is 0 Å². The van der Waals surface area contributed by atoms with Gasteiger partial charge in [0.05, 0.1) is 26.2 Å². The number of halogens is 1. The maximum absolute atomic E-state index is 5.65. The first-order valence-corrected chi connectivity index (χ1v) is 5.69. The minimum absolute atomic E-state index is 0.817. The predicted molar refractivity (Wildman–Crippen MR) is 56.7 cm³/mol. The highest BCUT2D eigenvalue weighted by molar-refractivity contribution is 6.17. The first-order valence-electron chi connectivity index (χ1n) is 5.15. The summed E-state index contributed by atoms with van der Waals surface area (Å²) >= 11 is 5.65. The lowest BCUT2D eigenvalue weighted by Gasteiger charge is -2.35. The van der Waals surface area contributed by atoms with Gasteiger partial charge < -0.3 is 4.48 Å². The highest BCUT2D eigenvalue weighted by Crippen LogP contribution is 2.08. The van der Waals surface area contributed by atoms with Crippen molar-refractivity contribution in [2.75, 3.05) is 32.1 Å². The van der Waals surface area contributed by atoms with Crippen LogP contribution < -0.4 is 0 Å². The number of hydrogen-bond acceptors (Lipinski definition) is 0. The summed E-state index contributed by atoms with van der Waals surface area (Å²) in [6.45, 7) is 11.9. The van der Waals surface area contributed by atoms with Crippen LogP contribution in [0.15, 0.2) is 0 Å². The van der Waals surface area contributed by atoms with Crippen molar-refractivity contribution in [1.82, 2.24) is 0 Å². The van der Waals surface area contributed by atoms with E-state index < -0.39 is 0 Å². The molecule has 0 saturated carbocycles. The molecule has 74 valence electrons. The molecule has 0 aliphatic heterocycles. The number of alkyl halides is 1. The summed E-state index contributed by atoms with van der Waals surface area (Å²) < 4.78 is 1.26. The van der Waals surface area contributed by atoms with Crippen molar-refractivity contribution in [3.8, 4) is 0 Å². The number of unbranched alkanes of at least 4 members (excludes halogenated alkanes) is 1. The molecule has 0 aromatic heterocycles. The van der Waals surface area contributed by atoms with Crippen molar-refractivity contribution in [2.45, 2.75) is 33.6 Å². The third-order valence-electron chi connectivity index (χ3n) is 3.03. The van der Waals surface area contributed by atoms with Gasteiger partial charge in [-0.05, 0) is 33.6 Å². The minimum Gasteiger partial charge on any atom is -0.324 e. The fourth-order valence-corrected chi connectivity index (χ4v) is 1.88. The zero-order valence-corrected chi connectivity index (χ0v) is 9.53. The Bertz CT molecular complexity index is 91.7. The third-order valence-corrected chi connectivity index (χ3v) is 3.30. The van der Waals surface area contributed by atoms with E-state index in [2.05, 4.69) is 20.8 Å². The van der Waals surface area contributed by atoms with Crippen LogP contribution in [0.3, 0.4) is 0 Å². The van der Waals surface area contributed by atoms with E-state index in [9.17, 15) is 0 Å². The number of hydrogen-bond donors (Lipinski definition) is 0. The van der Waals surface area contributed by atoms with E-state index >= 15 is 0 Å². The Morgan fingerprint density at radius 1 is 0.917 bits per heavy atom. The standard InChI is InChI=1S/C10H23ClN/c1-4-12(5-2,6-3)10-8-7-9-11/h4-10H2,1-3H3/q+1. The van der Waals surface area contributed by atoms with E-state index in [1.807, 2.05) is 0 Å². The SMILES string of the molecule is CC[N+](CC)(CC)CCCCCl. The monoisotopic (exact) mass is 192 g/mol. The minimum atomic E-state index is 0.817. The van der Waals surface area contributed by atoms with E-state index in [0.717, 1.165) is 5.88 Å². The molecular weight excluding hydrogens is 170 g/mol. The van der Waals surface area contributed by atoms with Crippen molar-refractivity contribution in [3.05, 3.63) is 0 Å². The van der Waals surface area contributed by atoms with E-state index in [4.69, 9.17) is 11.6 Å². The van der Waals surface area contributed by atoms with E-state index in [-0.39, 0.29) is 0 Å². The summed E-state index contributed by atoms with van der Waals surface area (Å²) in [5, 5.41) is 0. The van der Waals surface area contributed by atoms with Crippen LogP contribution in [0.4, 0.5) is 0 Å². The Hall–Kier alpha value is 0.250. The zero-order chi connectivity index (χ0) is 9.45. The van der Waals surface area contributed by atoms with Gasteiger partial charge in [0.1, 0.15) is 0 Å². The summed E-state index contributed by atoms with van der Waals surface area (Å²) in [6, 6.07) is 0. The maximum atomic E-state index is 5.65. The molecule has 0 saturated heterocycles. The Labute approximate surface area is 82.3 Å². The average molecular weight is 193 g/mol. The third kappa shape index (κ3) is 3.77. The van der Waals surface area contributed by atoms with Gasteiger partial charge >= 0.3 is 0 Å². The Morgan fingerprint density at radius 3 is 1.75 bits per heavy atom. The van der Waals surface area contributed by atoms with E-state index in [0.29, 0.717) is 0 Å². The van der Waals surface area contributed by atoms with Gasteiger partial charge in [-0.2, -0.15) is 0 Å². The van der Waals surface area contributed by atoms with Gasteiger partial charge in [-0.3, -0.25) is 0 Å². The highest BCUT2D eigenvalue weighted by atomic mass is 35.5. The molecule has 12 heavy (non-hydrogen) atoms. The summed E-state index contributed by atoms with van der Waals surface area (Å²) in [6.07, 6.45) is 2.45. The van der Waals surface area contributed by atoms with Crippen LogP contribution in [0.2, 0.25) is 0 Å². The smallest absolute Gasteiger partial charge is 0.0786 e. The highest BCUT2D eigenvalue weighted by Gasteiger charge is 2.19. The van der Waals surface area contributed by atoms with Crippen LogP contribution in [0.25, 0.3) is 0 Å². The van der Waals surface area contributed by atoms with E-state index in [1.54, 1.807) is 0 Å². The normalized spacial score (nSPS) is 12.0. The van der Waals surface area contributed by atoms with E-state index in [1.165, 1.54) is 43.5 Å². The van der Waals surface area contributed by atoms with Crippen LogP contribution in [0.5, 0.6) is 0 Å². The molecule has 0 atom stereocenters. The van der Waals surface area contributed by atoms with Crippen LogP contribution in [0, 0.1) is 0 Å². The number of rotatable bonds is 7. The Morgan fingerprint density at radius 2 is 1.42 bits per heavy atom. The molecule has 0 bridgehead atoms. The molecule has 1 nitrogen and oxygen atoms in total. The molecular formula is C10H23ClN+. The number of nitrogens with zero attached hydrogens (tertiary/aromatic N) is 1. The molecule has 0 N–H and O–H groups in total. The van der Waals surface area contributed by atoms with Crippen LogP contribution in [0.1, 0.15) is 33.6 Å². The molecule has 0 fully saturated rings. The van der Waals surface area contributed by atoms with Crippen LogP contribution in [-0.2, 0) is 0 Å². The average Bonchev–Trinajstić information content (AvgIpc) is 2.14. The fraction of sp³-hybridized carbons (Fsp3) is 1.00. The zero-order valence-electron chi connectivity index (χ0n) is 8.77. The van der Waals surface area contributed by atoms with Gasteiger partial charge in [0.2, 0.25) is 0 Å². The molecule has 0 radical (unpaired) electrons. The van der Waals surface area contributed by atoms with Crippen molar-refractivity contribution in [2.24, 2.45) is 0 Å². The molecule has 0 aromatic rings. The molecule has 0 heterocycles. The van der Waals surface area contributed by atoms with Gasteiger partial charge in [0.15, 0.2) is 0 Å². The van der Waals surface area contributed by atoms with Crippen molar-refractivity contribution < 1.29 is 4.48 Å². The van der Waals surface area contributed by atoms with Crippen LogP contribution >= 0.6 is 11.6 Å². The summed E-state index contributed by atoms with van der Waals surface area (Å²) in [7, 11) is 0. The topological polar surface area (TPSA) is 0 Å². The second-order valence-electron chi connectivity index (χ2n) is 3.41. The molecule has 0 aromatic carbocycles. The molecule has 0 spiro atoms. The first-order chi connectivity index (χ1) is 5.74. The van der Waals surface area contributed by atoms with Gasteiger partial charge in [-0.25, -0.2) is 0 Å². The van der Waals surface area contributed by atoms with Gasteiger partial charge in [-0.15, -0.1) is 11.6 Å². The second-order valence-corrected chi connectivity index (χ2v) is 3.79. The predicted octanol–water partition coefficient (Wildman–Crippen LogP) is 2.88. The summed E-state index contributed by atoms with van der Waals surface area (Å²) in [5.41, 5.74) is 0. The summed E-state index contributed by atoms with van der Waals surface area (Å²) in [4.78, 5) is 0. The lowest BCUT2D eigenvalue weighted by molar-refractivity contribution is -0.923. The van der Waals surface area contributed by atoms with Gasteiger partial charge in [0, 0.05) is 5.88 Å². The largest absolute Gasteiger partial charge is 0.324 e. The molecule has 0 unspecified atom stereocenters. The molecule has 0 rings (SSSR count). The van der Waals surface area contributed by atoms with Crippen molar-refractivity contribution >= 4 is 11.6 Å². The first kappa shape index (κ1) is 12.2. The van der Waals surface area contributed by atoms with Crippen LogP contribution in [-0.4, -0.2) is 36.5 Å². The molecule has 0 aliphatic rings. The molecule has 2 heteroatoms. The van der Waals surface area contributed by atoms with Crippen molar-refractivity contribution in [1.29, 1.82) is 0 Å². The quantitative estimate of drug-likeness (QED) is 0.331. The lowest BCUT2D eigenvalue weighted by Crippen LogP contribution is -2.48. The molecule has 0 aliphatic carbocycles. The summed E-state index contributed by atoms with van der Waals surface area (Å²) in [5.74, 6) is 0.817.